The van der Waals surface area contributed by atoms with Crippen LogP contribution in [0.25, 0.3) is 20.8 Å². The third-order valence-corrected chi connectivity index (χ3v) is 6.78. The molecule has 2 atom stereocenters. The van der Waals surface area contributed by atoms with Gasteiger partial charge < -0.3 is 20.7 Å². The molecule has 0 spiro atoms. The number of nitrogens with zero attached hydrogens (tertiary/aromatic N) is 4. The summed E-state index contributed by atoms with van der Waals surface area (Å²) in [4.78, 5) is 8.07. The van der Waals surface area contributed by atoms with Crippen molar-refractivity contribution in [3.63, 3.8) is 0 Å². The minimum atomic E-state index is 0.0219. The molecule has 0 radical (unpaired) electrons. The molecule has 0 bridgehead atoms. The van der Waals surface area contributed by atoms with Crippen molar-refractivity contribution < 1.29 is 4.74 Å². The lowest BCUT2D eigenvalue weighted by Gasteiger charge is -2.24. The van der Waals surface area contributed by atoms with Gasteiger partial charge in [0.25, 0.3) is 0 Å². The number of likely N-dealkylation sites (N-methyl/N-ethyl adjacent to an activating group) is 1. The van der Waals surface area contributed by atoms with Gasteiger partial charge in [0.2, 0.25) is 0 Å². The van der Waals surface area contributed by atoms with Crippen LogP contribution in [0.3, 0.4) is 0 Å². The van der Waals surface area contributed by atoms with Crippen molar-refractivity contribution in [3.8, 4) is 10.6 Å². The van der Waals surface area contributed by atoms with E-state index in [4.69, 9.17) is 10.5 Å². The molecule has 5 heterocycles. The van der Waals surface area contributed by atoms with Gasteiger partial charge in [-0.25, -0.2) is 9.67 Å². The van der Waals surface area contributed by atoms with E-state index in [9.17, 15) is 0 Å². The highest BCUT2D eigenvalue weighted by molar-refractivity contribution is 7.22. The number of hydrogen-bond donors (Lipinski definition) is 2. The molecule has 7 nitrogen and oxygen atoms in total. The van der Waals surface area contributed by atoms with Crippen LogP contribution in [-0.2, 0) is 4.74 Å². The number of nitrogen functional groups attached to an aromatic ring is 1. The Hall–Kier alpha value is -2.16. The number of nitrogens with one attached hydrogen (secondary N) is 1. The number of fused-ring (bicyclic) bond motifs is 1. The highest BCUT2D eigenvalue weighted by Crippen LogP contribution is 2.39. The molecule has 28 heavy (non-hydrogen) atoms. The molecule has 0 saturated carbocycles. The molecule has 5 rings (SSSR count). The maximum Gasteiger partial charge on any atom is 0.150 e. The number of aromatic nitrogens is 3. The van der Waals surface area contributed by atoms with Crippen molar-refractivity contribution in [2.45, 2.75) is 38.0 Å². The van der Waals surface area contributed by atoms with Crippen molar-refractivity contribution in [1.82, 2.24) is 19.7 Å². The van der Waals surface area contributed by atoms with Gasteiger partial charge in [-0.2, -0.15) is 5.10 Å². The molecule has 3 aromatic rings. The van der Waals surface area contributed by atoms with Gasteiger partial charge in [0.15, 0.2) is 6.23 Å². The minimum Gasteiger partial charge on any atom is -0.384 e. The Labute approximate surface area is 168 Å². The van der Waals surface area contributed by atoms with Gasteiger partial charge in [-0.3, -0.25) is 0 Å². The summed E-state index contributed by atoms with van der Waals surface area (Å²) in [7, 11) is 2.16. The standard InChI is InChI=1S/C20H26N6OS/c1-25-8-6-13(12-25)23-15-11-18(21)24-14-10-17(28-20(14)15)16-5-7-22-26(16)19-4-2-3-9-27-19/h5,7,10-11,13,19H,2-4,6,8-9,12H2,1H3,(H3,21,23,24)/t13-,19?/m0/s1. The highest BCUT2D eigenvalue weighted by Gasteiger charge is 2.23. The van der Waals surface area contributed by atoms with E-state index < -0.39 is 0 Å². The fraction of sp³-hybridized carbons (Fsp3) is 0.500. The van der Waals surface area contributed by atoms with Crippen LogP contribution in [0.2, 0.25) is 0 Å². The molecule has 3 aromatic heterocycles. The molecule has 0 aliphatic carbocycles. The van der Waals surface area contributed by atoms with E-state index in [1.807, 2.05) is 16.9 Å². The molecule has 8 heteroatoms. The van der Waals surface area contributed by atoms with E-state index in [0.717, 1.165) is 65.4 Å². The van der Waals surface area contributed by atoms with E-state index in [-0.39, 0.29) is 6.23 Å². The topological polar surface area (TPSA) is 81.2 Å². The van der Waals surface area contributed by atoms with E-state index in [1.165, 1.54) is 6.42 Å². The Bertz CT molecular complexity index is 976. The summed E-state index contributed by atoms with van der Waals surface area (Å²) in [6, 6.07) is 6.59. The van der Waals surface area contributed by atoms with Gasteiger partial charge in [-0.1, -0.05) is 0 Å². The first-order valence-electron chi connectivity index (χ1n) is 9.98. The van der Waals surface area contributed by atoms with Gasteiger partial charge in [-0.05, 0) is 51.4 Å². The molecule has 3 N–H and O–H groups in total. The second-order valence-electron chi connectivity index (χ2n) is 7.79. The number of nitrogens with two attached hydrogens (primary N) is 1. The Morgan fingerprint density at radius 1 is 1.29 bits per heavy atom. The number of pyridine rings is 1. The third kappa shape index (κ3) is 3.36. The van der Waals surface area contributed by atoms with Crippen LogP contribution in [0.5, 0.6) is 0 Å². The number of hydrogen-bond acceptors (Lipinski definition) is 7. The lowest BCUT2D eigenvalue weighted by Crippen LogP contribution is -2.23. The van der Waals surface area contributed by atoms with Gasteiger partial charge in [-0.15, -0.1) is 11.3 Å². The molecule has 2 aliphatic heterocycles. The maximum atomic E-state index is 6.11. The zero-order valence-electron chi connectivity index (χ0n) is 16.1. The SMILES string of the molecule is CN1CC[C@H](Nc2cc(N)nc3cc(-c4ccnn4C4CCCCO4)sc23)C1. The smallest absolute Gasteiger partial charge is 0.150 e. The molecular weight excluding hydrogens is 372 g/mol. The van der Waals surface area contributed by atoms with Crippen LogP contribution in [0.4, 0.5) is 11.5 Å². The van der Waals surface area contributed by atoms with Crippen LogP contribution in [0.15, 0.2) is 24.4 Å². The van der Waals surface area contributed by atoms with Gasteiger partial charge in [0.05, 0.1) is 26.5 Å². The number of rotatable bonds is 4. The van der Waals surface area contributed by atoms with Crippen LogP contribution in [-0.4, -0.2) is 52.5 Å². The predicted molar refractivity (Wildman–Crippen MR) is 114 cm³/mol. The largest absolute Gasteiger partial charge is 0.384 e. The zero-order valence-corrected chi connectivity index (χ0v) is 16.9. The normalized spacial score (nSPS) is 23.5. The Kier molecular flexibility index (Phi) is 4.70. The molecule has 2 aliphatic rings. The summed E-state index contributed by atoms with van der Waals surface area (Å²) >= 11 is 1.74. The first kappa shape index (κ1) is 17.9. The number of likely N-dealkylation sites (tertiary alicyclic amines) is 1. The fourth-order valence-electron chi connectivity index (χ4n) is 4.20. The Balaban J connectivity index is 1.50. The van der Waals surface area contributed by atoms with Gasteiger partial charge >= 0.3 is 0 Å². The van der Waals surface area contributed by atoms with Crippen LogP contribution < -0.4 is 11.1 Å². The molecular formula is C20H26N6OS. The molecule has 0 amide bonds. The van der Waals surface area contributed by atoms with E-state index in [2.05, 4.69) is 39.5 Å². The second-order valence-corrected chi connectivity index (χ2v) is 8.85. The van der Waals surface area contributed by atoms with Crippen LogP contribution >= 0.6 is 11.3 Å². The first-order chi connectivity index (χ1) is 13.7. The first-order valence-corrected chi connectivity index (χ1v) is 10.8. The van der Waals surface area contributed by atoms with Crippen molar-refractivity contribution in [3.05, 3.63) is 24.4 Å². The lowest BCUT2D eigenvalue weighted by atomic mass is 10.2. The number of thiophene rings is 1. The molecule has 2 saturated heterocycles. The third-order valence-electron chi connectivity index (χ3n) is 5.60. The van der Waals surface area contributed by atoms with E-state index >= 15 is 0 Å². The average Bonchev–Trinajstić information content (AvgIpc) is 3.41. The average molecular weight is 399 g/mol. The van der Waals surface area contributed by atoms with Crippen LogP contribution in [0.1, 0.15) is 31.9 Å². The highest BCUT2D eigenvalue weighted by atomic mass is 32.1. The maximum absolute atomic E-state index is 6.11. The predicted octanol–water partition coefficient (Wildman–Crippen LogP) is 3.56. The van der Waals surface area contributed by atoms with Gasteiger partial charge in [0.1, 0.15) is 5.82 Å². The summed E-state index contributed by atoms with van der Waals surface area (Å²) in [5.74, 6) is 0.551. The molecule has 148 valence electrons. The van der Waals surface area contributed by atoms with Crippen molar-refractivity contribution in [2.24, 2.45) is 0 Å². The second kappa shape index (κ2) is 7.35. The Morgan fingerprint density at radius 2 is 2.21 bits per heavy atom. The summed E-state index contributed by atoms with van der Waals surface area (Å²) in [6.07, 6.45) is 6.33. The van der Waals surface area contributed by atoms with E-state index in [1.54, 1.807) is 11.3 Å². The van der Waals surface area contributed by atoms with Crippen molar-refractivity contribution in [1.29, 1.82) is 0 Å². The minimum absolute atomic E-state index is 0.0219. The van der Waals surface area contributed by atoms with Crippen molar-refractivity contribution in [2.75, 3.05) is 37.8 Å². The molecule has 1 unspecified atom stereocenters. The number of anilines is 2. The number of ether oxygens (including phenoxy) is 1. The van der Waals surface area contributed by atoms with Crippen molar-refractivity contribution >= 4 is 33.1 Å². The summed E-state index contributed by atoms with van der Waals surface area (Å²) in [5, 5.41) is 8.24. The molecule has 0 aromatic carbocycles. The summed E-state index contributed by atoms with van der Waals surface area (Å²) in [6.45, 7) is 2.98. The van der Waals surface area contributed by atoms with E-state index in [0.29, 0.717) is 11.9 Å². The zero-order chi connectivity index (χ0) is 19.1. The Morgan fingerprint density at radius 3 is 3.00 bits per heavy atom. The lowest BCUT2D eigenvalue weighted by molar-refractivity contribution is -0.0383. The summed E-state index contributed by atoms with van der Waals surface area (Å²) in [5.41, 5.74) is 9.21. The van der Waals surface area contributed by atoms with Crippen LogP contribution in [0, 0.1) is 0 Å². The quantitative estimate of drug-likeness (QED) is 0.699. The molecule has 2 fully saturated rings. The van der Waals surface area contributed by atoms with Gasteiger partial charge in [0, 0.05) is 31.5 Å². The summed E-state index contributed by atoms with van der Waals surface area (Å²) < 4.78 is 9.12. The fourth-order valence-corrected chi connectivity index (χ4v) is 5.30. The monoisotopic (exact) mass is 398 g/mol.